The van der Waals surface area contributed by atoms with Gasteiger partial charge in [0.15, 0.2) is 0 Å². The first-order chi connectivity index (χ1) is 11.4. The van der Waals surface area contributed by atoms with Crippen LogP contribution in [0.15, 0.2) is 34.9 Å². The number of nitrogens with zero attached hydrogens (tertiary/aromatic N) is 2. The minimum Gasteiger partial charge on any atom is -0.321 e. The number of carbonyl (C=O) groups is 1. The van der Waals surface area contributed by atoms with Crippen LogP contribution in [-0.2, 0) is 6.42 Å². The summed E-state index contributed by atoms with van der Waals surface area (Å²) in [5, 5.41) is 3.77. The molecule has 0 bridgehead atoms. The van der Waals surface area contributed by atoms with Crippen molar-refractivity contribution >= 4 is 56.4 Å². The van der Waals surface area contributed by atoms with E-state index in [9.17, 15) is 4.79 Å². The maximum Gasteiger partial charge on any atom is 0.274 e. The first-order valence-electron chi connectivity index (χ1n) is 7.33. The molecule has 1 amide bonds. The van der Waals surface area contributed by atoms with E-state index in [2.05, 4.69) is 26.2 Å². The highest BCUT2D eigenvalue weighted by atomic mass is 79.9. The van der Waals surface area contributed by atoms with Crippen molar-refractivity contribution in [2.75, 3.05) is 5.32 Å². The number of hydrogen-bond donors (Lipinski definition) is 1. The topological polar surface area (TPSA) is 46.4 Å². The number of halogens is 3. The molecule has 0 saturated heterocycles. The molecule has 124 valence electrons. The Morgan fingerprint density at radius 3 is 2.54 bits per heavy atom. The summed E-state index contributed by atoms with van der Waals surface area (Å²) in [5.74, 6) is -0.254. The number of nitrogens with one attached hydrogen (secondary N) is 1. The third kappa shape index (κ3) is 3.29. The lowest BCUT2D eigenvalue weighted by Gasteiger charge is -2.08. The largest absolute Gasteiger partial charge is 0.321 e. The summed E-state index contributed by atoms with van der Waals surface area (Å²) in [5.41, 5.74) is 3.55. The molecule has 0 unspecified atom stereocenters. The van der Waals surface area contributed by atoms with Gasteiger partial charge >= 0.3 is 0 Å². The predicted molar refractivity (Wildman–Crippen MR) is 101 cm³/mol. The zero-order valence-corrected chi connectivity index (χ0v) is 16.1. The molecule has 0 fully saturated rings. The molecule has 2 aromatic heterocycles. The summed E-state index contributed by atoms with van der Waals surface area (Å²) in [4.78, 5) is 17.4. The number of aryl methyl sites for hydroxylation is 2. The molecule has 3 aromatic rings. The van der Waals surface area contributed by atoms with Crippen molar-refractivity contribution in [1.82, 2.24) is 9.38 Å². The van der Waals surface area contributed by atoms with Crippen molar-refractivity contribution in [3.63, 3.8) is 0 Å². The molecule has 3 rings (SSSR count). The fraction of sp³-hybridized carbons (Fsp3) is 0.176. The Hall–Kier alpha value is -1.56. The van der Waals surface area contributed by atoms with Crippen LogP contribution in [0.3, 0.4) is 0 Å². The Labute approximate surface area is 157 Å². The van der Waals surface area contributed by atoms with E-state index in [-0.39, 0.29) is 5.91 Å². The zero-order valence-electron chi connectivity index (χ0n) is 13.0. The fourth-order valence-corrected chi connectivity index (χ4v) is 3.69. The van der Waals surface area contributed by atoms with Gasteiger partial charge in [-0.25, -0.2) is 4.98 Å². The molecule has 4 nitrogen and oxygen atoms in total. The van der Waals surface area contributed by atoms with E-state index < -0.39 is 0 Å². The van der Waals surface area contributed by atoms with E-state index in [4.69, 9.17) is 23.2 Å². The normalized spacial score (nSPS) is 11.0. The van der Waals surface area contributed by atoms with Gasteiger partial charge in [0.1, 0.15) is 11.3 Å². The molecule has 0 aliphatic carbocycles. The van der Waals surface area contributed by atoms with Crippen molar-refractivity contribution in [2.24, 2.45) is 0 Å². The van der Waals surface area contributed by atoms with Gasteiger partial charge in [-0.2, -0.15) is 0 Å². The molecule has 0 aliphatic rings. The molecule has 0 radical (unpaired) electrons. The van der Waals surface area contributed by atoms with Crippen LogP contribution in [-0.4, -0.2) is 15.3 Å². The third-order valence-corrected chi connectivity index (χ3v) is 4.48. The van der Waals surface area contributed by atoms with Crippen LogP contribution in [0.4, 0.5) is 5.69 Å². The summed E-state index contributed by atoms with van der Waals surface area (Å²) in [6, 6.07) is 6.90. The van der Waals surface area contributed by atoms with Crippen molar-refractivity contribution in [1.29, 1.82) is 0 Å². The number of rotatable bonds is 3. The van der Waals surface area contributed by atoms with Gasteiger partial charge in [-0.3, -0.25) is 9.20 Å². The van der Waals surface area contributed by atoms with Crippen LogP contribution in [0.2, 0.25) is 10.0 Å². The van der Waals surface area contributed by atoms with Crippen molar-refractivity contribution < 1.29 is 4.79 Å². The average Bonchev–Trinajstić information content (AvgIpc) is 2.84. The van der Waals surface area contributed by atoms with Crippen LogP contribution < -0.4 is 5.32 Å². The lowest BCUT2D eigenvalue weighted by Crippen LogP contribution is -2.16. The maximum absolute atomic E-state index is 12.8. The number of anilines is 1. The molecular weight excluding hydrogens is 413 g/mol. The van der Waals surface area contributed by atoms with E-state index in [1.807, 2.05) is 26.1 Å². The van der Waals surface area contributed by atoms with Gasteiger partial charge in [-0.15, -0.1) is 0 Å². The molecule has 2 heterocycles. The predicted octanol–water partition coefficient (Wildman–Crippen LogP) is 5.53. The second kappa shape index (κ2) is 6.75. The SMILES string of the molecule is CCc1nc2c(C)cc(Br)cn2c1C(=O)Nc1cc(Cl)cc(Cl)c1. The monoisotopic (exact) mass is 425 g/mol. The van der Waals surface area contributed by atoms with E-state index in [0.29, 0.717) is 27.8 Å². The fourth-order valence-electron chi connectivity index (χ4n) is 2.62. The zero-order chi connectivity index (χ0) is 17.4. The van der Waals surface area contributed by atoms with Crippen molar-refractivity contribution in [3.8, 4) is 0 Å². The van der Waals surface area contributed by atoms with Gasteiger partial charge < -0.3 is 5.32 Å². The van der Waals surface area contributed by atoms with Gasteiger partial charge in [-0.05, 0) is 59.1 Å². The molecule has 24 heavy (non-hydrogen) atoms. The van der Waals surface area contributed by atoms with E-state index >= 15 is 0 Å². The van der Waals surface area contributed by atoms with E-state index in [1.165, 1.54) is 0 Å². The van der Waals surface area contributed by atoms with Gasteiger partial charge in [-0.1, -0.05) is 30.1 Å². The van der Waals surface area contributed by atoms with Crippen LogP contribution in [0.1, 0.15) is 28.7 Å². The molecule has 0 spiro atoms. The summed E-state index contributed by atoms with van der Waals surface area (Å²) in [6.45, 7) is 3.93. The number of hydrogen-bond acceptors (Lipinski definition) is 2. The quantitative estimate of drug-likeness (QED) is 0.598. The Morgan fingerprint density at radius 2 is 1.92 bits per heavy atom. The highest BCUT2D eigenvalue weighted by Gasteiger charge is 2.20. The molecular formula is C17H14BrCl2N3O. The summed E-state index contributed by atoms with van der Waals surface area (Å²) >= 11 is 15.5. The van der Waals surface area contributed by atoms with E-state index in [1.54, 1.807) is 22.6 Å². The smallest absolute Gasteiger partial charge is 0.274 e. The third-order valence-electron chi connectivity index (χ3n) is 3.61. The Kier molecular flexibility index (Phi) is 4.85. The number of benzene rings is 1. The molecule has 0 atom stereocenters. The number of amides is 1. The van der Waals surface area contributed by atoms with Crippen LogP contribution in [0, 0.1) is 6.92 Å². The van der Waals surface area contributed by atoms with Gasteiger partial charge in [0.05, 0.1) is 5.69 Å². The second-order valence-electron chi connectivity index (χ2n) is 5.41. The Morgan fingerprint density at radius 1 is 1.25 bits per heavy atom. The lowest BCUT2D eigenvalue weighted by molar-refractivity contribution is 0.102. The van der Waals surface area contributed by atoms with Crippen LogP contribution in [0.25, 0.3) is 5.65 Å². The minimum absolute atomic E-state index is 0.254. The van der Waals surface area contributed by atoms with Gasteiger partial charge in [0.2, 0.25) is 0 Å². The number of pyridine rings is 1. The molecule has 0 saturated carbocycles. The molecule has 0 aliphatic heterocycles. The number of fused-ring (bicyclic) bond motifs is 1. The Balaban J connectivity index is 2.09. The Bertz CT molecular complexity index is 932. The summed E-state index contributed by atoms with van der Waals surface area (Å²) < 4.78 is 2.69. The van der Waals surface area contributed by atoms with E-state index in [0.717, 1.165) is 21.4 Å². The number of imidazole rings is 1. The highest BCUT2D eigenvalue weighted by molar-refractivity contribution is 9.10. The van der Waals surface area contributed by atoms with Gasteiger partial charge in [0.25, 0.3) is 5.91 Å². The molecule has 1 N–H and O–H groups in total. The van der Waals surface area contributed by atoms with Crippen LogP contribution >= 0.6 is 39.1 Å². The second-order valence-corrected chi connectivity index (χ2v) is 7.20. The first kappa shape index (κ1) is 17.3. The van der Waals surface area contributed by atoms with Gasteiger partial charge in [0, 0.05) is 26.4 Å². The average molecular weight is 427 g/mol. The summed E-state index contributed by atoms with van der Waals surface area (Å²) in [6.07, 6.45) is 2.49. The van der Waals surface area contributed by atoms with Crippen molar-refractivity contribution in [3.05, 3.63) is 61.9 Å². The molecule has 7 heteroatoms. The maximum atomic E-state index is 12.8. The summed E-state index contributed by atoms with van der Waals surface area (Å²) in [7, 11) is 0. The first-order valence-corrected chi connectivity index (χ1v) is 8.88. The lowest BCUT2D eigenvalue weighted by atomic mass is 10.2. The van der Waals surface area contributed by atoms with Crippen LogP contribution in [0.5, 0.6) is 0 Å². The number of aromatic nitrogens is 2. The molecule has 1 aromatic carbocycles. The standard InChI is InChI=1S/C17H14BrCl2N3O/c1-3-14-15(23-8-10(18)4-9(2)16(23)22-14)17(24)21-13-6-11(19)5-12(20)7-13/h4-8H,3H2,1-2H3,(H,21,24). The van der Waals surface area contributed by atoms with Crippen molar-refractivity contribution in [2.45, 2.75) is 20.3 Å². The highest BCUT2D eigenvalue weighted by Crippen LogP contribution is 2.25. The minimum atomic E-state index is -0.254. The number of carbonyl (C=O) groups excluding carboxylic acids is 1.